The van der Waals surface area contributed by atoms with Crippen molar-refractivity contribution in [1.82, 2.24) is 20.8 Å². The van der Waals surface area contributed by atoms with E-state index in [1.54, 1.807) is 0 Å². The van der Waals surface area contributed by atoms with Gasteiger partial charge in [0, 0.05) is 24.7 Å². The van der Waals surface area contributed by atoms with E-state index < -0.39 is 0 Å². The number of H-pyrrole nitrogens is 1. The molecular formula is C18H28N4O2. The van der Waals surface area contributed by atoms with Crippen LogP contribution < -0.4 is 16.2 Å². The van der Waals surface area contributed by atoms with Gasteiger partial charge in [-0.2, -0.15) is 5.10 Å². The molecule has 0 aromatic carbocycles. The third kappa shape index (κ3) is 4.44. The molecule has 0 spiro atoms. The number of nitrogens with zero attached hydrogens (tertiary/aromatic N) is 1. The first-order valence-electron chi connectivity index (χ1n) is 9.33. The molecule has 1 aromatic rings. The number of hydrogen-bond donors (Lipinski definition) is 3. The summed E-state index contributed by atoms with van der Waals surface area (Å²) in [5, 5.41) is 13.1. The van der Waals surface area contributed by atoms with E-state index in [0.717, 1.165) is 49.0 Å². The van der Waals surface area contributed by atoms with Gasteiger partial charge >= 0.3 is 0 Å². The van der Waals surface area contributed by atoms with Crippen LogP contribution in [0, 0.1) is 0 Å². The zero-order valence-electron chi connectivity index (χ0n) is 14.3. The highest BCUT2D eigenvalue weighted by atomic mass is 16.1. The van der Waals surface area contributed by atoms with E-state index in [4.69, 9.17) is 0 Å². The maximum atomic E-state index is 12.2. The van der Waals surface area contributed by atoms with E-state index in [9.17, 15) is 9.59 Å². The molecule has 3 rings (SSSR count). The summed E-state index contributed by atoms with van der Waals surface area (Å²) in [6.45, 7) is 1.45. The van der Waals surface area contributed by atoms with Crippen molar-refractivity contribution in [2.75, 3.05) is 13.1 Å². The predicted octanol–water partition coefficient (Wildman–Crippen LogP) is 1.23. The smallest absolute Gasteiger partial charge is 0.267 e. The van der Waals surface area contributed by atoms with Crippen LogP contribution in [-0.2, 0) is 24.1 Å². The second kappa shape index (κ2) is 8.42. The van der Waals surface area contributed by atoms with Gasteiger partial charge in [0.1, 0.15) is 0 Å². The number of aromatic nitrogens is 2. The molecule has 24 heavy (non-hydrogen) atoms. The van der Waals surface area contributed by atoms with Gasteiger partial charge in [-0.05, 0) is 44.1 Å². The summed E-state index contributed by atoms with van der Waals surface area (Å²) in [7, 11) is 0. The largest absolute Gasteiger partial charge is 0.354 e. The number of rotatable bonds is 6. The fourth-order valence-electron chi connectivity index (χ4n) is 3.87. The molecule has 0 unspecified atom stereocenters. The Morgan fingerprint density at radius 2 is 1.79 bits per heavy atom. The Morgan fingerprint density at radius 1 is 1.04 bits per heavy atom. The minimum Gasteiger partial charge on any atom is -0.354 e. The second-order valence-corrected chi connectivity index (χ2v) is 6.98. The van der Waals surface area contributed by atoms with Crippen LogP contribution in [0.4, 0.5) is 0 Å². The molecule has 0 bridgehead atoms. The molecule has 0 radical (unpaired) electrons. The molecule has 1 saturated carbocycles. The molecule has 1 amide bonds. The quantitative estimate of drug-likeness (QED) is 0.684. The second-order valence-electron chi connectivity index (χ2n) is 6.98. The van der Waals surface area contributed by atoms with Crippen molar-refractivity contribution in [3.8, 4) is 0 Å². The lowest BCUT2D eigenvalue weighted by Gasteiger charge is -2.22. The average molecular weight is 332 g/mol. The van der Waals surface area contributed by atoms with Crippen LogP contribution >= 0.6 is 0 Å². The molecule has 1 fully saturated rings. The van der Waals surface area contributed by atoms with Gasteiger partial charge in [0.15, 0.2) is 0 Å². The van der Waals surface area contributed by atoms with E-state index >= 15 is 0 Å². The molecule has 6 heteroatoms. The molecular weight excluding hydrogens is 304 g/mol. The van der Waals surface area contributed by atoms with Crippen LogP contribution in [-0.4, -0.2) is 35.2 Å². The summed E-state index contributed by atoms with van der Waals surface area (Å²) < 4.78 is 0. The third-order valence-electron chi connectivity index (χ3n) is 5.20. The van der Waals surface area contributed by atoms with Crippen LogP contribution in [0.25, 0.3) is 0 Å². The van der Waals surface area contributed by atoms with Crippen LogP contribution in [0.3, 0.4) is 0 Å². The molecule has 2 aliphatic carbocycles. The topological polar surface area (TPSA) is 86.9 Å². The first kappa shape index (κ1) is 17.1. The lowest BCUT2D eigenvalue weighted by atomic mass is 9.91. The molecule has 6 nitrogen and oxygen atoms in total. The van der Waals surface area contributed by atoms with Crippen molar-refractivity contribution in [3.05, 3.63) is 27.2 Å². The number of fused-ring (bicyclic) bond motifs is 1. The SMILES string of the molecule is O=C(Cc1n[nH]c(=O)c2c1CCCC2)NCCNC1CCCCC1. The van der Waals surface area contributed by atoms with Gasteiger partial charge in [-0.3, -0.25) is 9.59 Å². The summed E-state index contributed by atoms with van der Waals surface area (Å²) in [6, 6.07) is 0.614. The van der Waals surface area contributed by atoms with Crippen molar-refractivity contribution in [2.24, 2.45) is 0 Å². The molecule has 132 valence electrons. The lowest BCUT2D eigenvalue weighted by Crippen LogP contribution is -2.38. The van der Waals surface area contributed by atoms with E-state index in [-0.39, 0.29) is 17.9 Å². The van der Waals surface area contributed by atoms with E-state index in [0.29, 0.717) is 12.6 Å². The van der Waals surface area contributed by atoms with Crippen molar-refractivity contribution in [2.45, 2.75) is 70.3 Å². The van der Waals surface area contributed by atoms with Gasteiger partial charge in [0.05, 0.1) is 12.1 Å². The minimum absolute atomic E-state index is 0.0206. The van der Waals surface area contributed by atoms with Crippen LogP contribution in [0.5, 0.6) is 0 Å². The van der Waals surface area contributed by atoms with Gasteiger partial charge in [0.2, 0.25) is 5.91 Å². The Hall–Kier alpha value is -1.69. The number of carbonyl (C=O) groups excluding carboxylic acids is 1. The fraction of sp³-hybridized carbons (Fsp3) is 0.722. The third-order valence-corrected chi connectivity index (χ3v) is 5.20. The van der Waals surface area contributed by atoms with Crippen molar-refractivity contribution in [1.29, 1.82) is 0 Å². The van der Waals surface area contributed by atoms with Crippen molar-refractivity contribution in [3.63, 3.8) is 0 Å². The molecule has 1 heterocycles. The predicted molar refractivity (Wildman–Crippen MR) is 93.1 cm³/mol. The number of carbonyl (C=O) groups is 1. The van der Waals surface area contributed by atoms with Gasteiger partial charge in [0.25, 0.3) is 5.56 Å². The van der Waals surface area contributed by atoms with Gasteiger partial charge in [-0.25, -0.2) is 5.10 Å². The summed E-state index contributed by atoms with van der Waals surface area (Å²) in [5.74, 6) is -0.0206. The van der Waals surface area contributed by atoms with E-state index in [2.05, 4.69) is 20.8 Å². The summed E-state index contributed by atoms with van der Waals surface area (Å²) in [5.41, 5.74) is 2.48. The Bertz CT molecular complexity index is 620. The van der Waals surface area contributed by atoms with E-state index in [1.807, 2.05) is 0 Å². The molecule has 2 aliphatic rings. The monoisotopic (exact) mass is 332 g/mol. The van der Waals surface area contributed by atoms with Crippen LogP contribution in [0.2, 0.25) is 0 Å². The highest BCUT2D eigenvalue weighted by Crippen LogP contribution is 2.20. The Morgan fingerprint density at radius 3 is 2.58 bits per heavy atom. The first-order chi connectivity index (χ1) is 11.7. The highest BCUT2D eigenvalue weighted by Gasteiger charge is 2.19. The zero-order chi connectivity index (χ0) is 16.8. The maximum Gasteiger partial charge on any atom is 0.267 e. The summed E-state index contributed by atoms with van der Waals surface area (Å²) in [6.07, 6.45) is 10.5. The Labute approximate surface area is 142 Å². The Balaban J connectivity index is 1.46. The number of hydrogen-bond acceptors (Lipinski definition) is 4. The fourth-order valence-corrected chi connectivity index (χ4v) is 3.87. The normalized spacial score (nSPS) is 18.2. The zero-order valence-corrected chi connectivity index (χ0v) is 14.3. The van der Waals surface area contributed by atoms with Crippen LogP contribution in [0.15, 0.2) is 4.79 Å². The molecule has 0 atom stereocenters. The number of aromatic amines is 1. The standard InChI is InChI=1S/C18H28N4O2/c23-17(20-11-10-19-13-6-2-1-3-7-13)12-16-14-8-4-5-9-15(14)18(24)22-21-16/h13,19H,1-12H2,(H,20,23)(H,22,24). The lowest BCUT2D eigenvalue weighted by molar-refractivity contribution is -0.120. The van der Waals surface area contributed by atoms with Gasteiger partial charge < -0.3 is 10.6 Å². The van der Waals surface area contributed by atoms with Crippen molar-refractivity contribution < 1.29 is 4.79 Å². The minimum atomic E-state index is -0.0921. The molecule has 3 N–H and O–H groups in total. The molecule has 0 aliphatic heterocycles. The maximum absolute atomic E-state index is 12.2. The molecule has 1 aromatic heterocycles. The highest BCUT2D eigenvalue weighted by molar-refractivity contribution is 5.78. The Kier molecular flexibility index (Phi) is 6.01. The number of nitrogens with one attached hydrogen (secondary N) is 3. The average Bonchev–Trinajstić information content (AvgIpc) is 2.62. The summed E-state index contributed by atoms with van der Waals surface area (Å²) in [4.78, 5) is 24.0. The number of amides is 1. The molecule has 0 saturated heterocycles. The van der Waals surface area contributed by atoms with Gasteiger partial charge in [-0.15, -0.1) is 0 Å². The van der Waals surface area contributed by atoms with Gasteiger partial charge in [-0.1, -0.05) is 19.3 Å². The summed E-state index contributed by atoms with van der Waals surface area (Å²) >= 11 is 0. The van der Waals surface area contributed by atoms with Crippen LogP contribution in [0.1, 0.15) is 61.8 Å². The van der Waals surface area contributed by atoms with E-state index in [1.165, 1.54) is 32.1 Å². The first-order valence-corrected chi connectivity index (χ1v) is 9.33. The van der Waals surface area contributed by atoms with Crippen molar-refractivity contribution >= 4 is 5.91 Å².